The lowest BCUT2D eigenvalue weighted by atomic mass is 9.77. The highest BCUT2D eigenvalue weighted by atomic mass is 14.8. The summed E-state index contributed by atoms with van der Waals surface area (Å²) in [7, 11) is 0. The van der Waals surface area contributed by atoms with Crippen LogP contribution in [0.3, 0.4) is 0 Å². The molecule has 0 saturated heterocycles. The van der Waals surface area contributed by atoms with Crippen molar-refractivity contribution in [3.8, 4) is 0 Å². The van der Waals surface area contributed by atoms with Gasteiger partial charge in [-0.2, -0.15) is 0 Å². The number of hydrogen-bond donors (Lipinski definition) is 1. The molecular weight excluding hydrogens is 170 g/mol. The summed E-state index contributed by atoms with van der Waals surface area (Å²) in [5.41, 5.74) is 2.12. The highest BCUT2D eigenvalue weighted by molar-refractivity contribution is 5.15. The van der Waals surface area contributed by atoms with Crippen LogP contribution in [0.25, 0.3) is 0 Å². The van der Waals surface area contributed by atoms with Gasteiger partial charge < -0.3 is 5.32 Å². The Morgan fingerprint density at radius 2 is 2.14 bits per heavy atom. The molecule has 0 aromatic heterocycles. The van der Waals surface area contributed by atoms with Crippen molar-refractivity contribution < 1.29 is 0 Å². The minimum Gasteiger partial charge on any atom is -0.313 e. The van der Waals surface area contributed by atoms with E-state index in [0.717, 1.165) is 6.54 Å². The first kappa shape index (κ1) is 11.8. The second-order valence-corrected chi connectivity index (χ2v) is 5.02. The molecule has 1 N–H and O–H groups in total. The molecule has 0 radical (unpaired) electrons. The average molecular weight is 195 g/mol. The molecule has 0 amide bonds. The molecule has 0 saturated carbocycles. The molecule has 82 valence electrons. The molecule has 1 heteroatoms. The molecule has 1 heterocycles. The van der Waals surface area contributed by atoms with E-state index in [4.69, 9.17) is 0 Å². The Hall–Kier alpha value is -0.300. The summed E-state index contributed by atoms with van der Waals surface area (Å²) in [5, 5.41) is 3.38. The first-order valence-corrected chi connectivity index (χ1v) is 6.07. The van der Waals surface area contributed by atoms with Crippen molar-refractivity contribution in [2.24, 2.45) is 5.41 Å². The predicted octanol–water partition coefficient (Wildman–Crippen LogP) is 3.51. The number of hydrogen-bond acceptors (Lipinski definition) is 1. The lowest BCUT2D eigenvalue weighted by Gasteiger charge is -2.30. The Kier molecular flexibility index (Phi) is 4.67. The fourth-order valence-electron chi connectivity index (χ4n) is 2.21. The highest BCUT2D eigenvalue weighted by Gasteiger charge is 2.23. The van der Waals surface area contributed by atoms with Crippen molar-refractivity contribution in [2.75, 3.05) is 13.1 Å². The third kappa shape index (κ3) is 3.45. The minimum absolute atomic E-state index is 0.442. The summed E-state index contributed by atoms with van der Waals surface area (Å²) in [6, 6.07) is 0. The van der Waals surface area contributed by atoms with Gasteiger partial charge in [-0.05, 0) is 24.8 Å². The van der Waals surface area contributed by atoms with Crippen LogP contribution < -0.4 is 5.32 Å². The van der Waals surface area contributed by atoms with Crippen LogP contribution in [0, 0.1) is 5.41 Å². The normalized spacial score (nSPS) is 18.1. The Balaban J connectivity index is 2.41. The maximum Gasteiger partial charge on any atom is 0.0137 e. The van der Waals surface area contributed by atoms with Crippen LogP contribution in [0.5, 0.6) is 0 Å². The van der Waals surface area contributed by atoms with Crippen LogP contribution in [-0.4, -0.2) is 13.1 Å². The molecule has 14 heavy (non-hydrogen) atoms. The van der Waals surface area contributed by atoms with Gasteiger partial charge >= 0.3 is 0 Å². The predicted molar refractivity (Wildman–Crippen MR) is 63.5 cm³/mol. The monoisotopic (exact) mass is 195 g/mol. The average Bonchev–Trinajstić information content (AvgIpc) is 2.19. The van der Waals surface area contributed by atoms with Crippen LogP contribution in [0.2, 0.25) is 0 Å². The van der Waals surface area contributed by atoms with E-state index < -0.39 is 0 Å². The molecule has 0 bridgehead atoms. The van der Waals surface area contributed by atoms with Crippen molar-refractivity contribution in [1.82, 2.24) is 5.32 Å². The van der Waals surface area contributed by atoms with Gasteiger partial charge in [0.2, 0.25) is 0 Å². The molecule has 0 fully saturated rings. The third-order valence-electron chi connectivity index (χ3n) is 3.34. The highest BCUT2D eigenvalue weighted by Crippen LogP contribution is 2.34. The van der Waals surface area contributed by atoms with Gasteiger partial charge in [0, 0.05) is 6.54 Å². The smallest absolute Gasteiger partial charge is 0.0137 e. The zero-order chi connectivity index (χ0) is 10.4. The van der Waals surface area contributed by atoms with Crippen molar-refractivity contribution in [1.29, 1.82) is 0 Å². The molecule has 1 rings (SSSR count). The SMILES string of the molecule is CCCCCC(C)(C)C1=CCNCC1. The van der Waals surface area contributed by atoms with Gasteiger partial charge in [0.25, 0.3) is 0 Å². The van der Waals surface area contributed by atoms with Crippen molar-refractivity contribution >= 4 is 0 Å². The van der Waals surface area contributed by atoms with Gasteiger partial charge in [0.05, 0.1) is 0 Å². The lowest BCUT2D eigenvalue weighted by Crippen LogP contribution is -2.26. The molecule has 1 aliphatic rings. The van der Waals surface area contributed by atoms with Crippen LogP contribution in [0.15, 0.2) is 11.6 Å². The molecule has 0 aromatic carbocycles. The molecule has 0 aromatic rings. The summed E-state index contributed by atoms with van der Waals surface area (Å²) >= 11 is 0. The third-order valence-corrected chi connectivity index (χ3v) is 3.34. The summed E-state index contributed by atoms with van der Waals surface area (Å²) < 4.78 is 0. The second-order valence-electron chi connectivity index (χ2n) is 5.02. The molecular formula is C13H25N. The Bertz CT molecular complexity index is 191. The van der Waals surface area contributed by atoms with Gasteiger partial charge in [-0.3, -0.25) is 0 Å². The molecule has 0 spiro atoms. The largest absolute Gasteiger partial charge is 0.313 e. The molecule has 1 aliphatic heterocycles. The van der Waals surface area contributed by atoms with E-state index >= 15 is 0 Å². The Labute approximate surface area is 89.0 Å². The maximum absolute atomic E-state index is 3.38. The molecule has 0 unspecified atom stereocenters. The summed E-state index contributed by atoms with van der Waals surface area (Å²) in [6.45, 7) is 9.33. The van der Waals surface area contributed by atoms with E-state index in [1.54, 1.807) is 5.57 Å². The van der Waals surface area contributed by atoms with Gasteiger partial charge in [-0.15, -0.1) is 0 Å². The Morgan fingerprint density at radius 3 is 2.71 bits per heavy atom. The zero-order valence-corrected chi connectivity index (χ0v) is 10.0. The summed E-state index contributed by atoms with van der Waals surface area (Å²) in [5.74, 6) is 0. The van der Waals surface area contributed by atoms with Gasteiger partial charge in [-0.1, -0.05) is 51.7 Å². The summed E-state index contributed by atoms with van der Waals surface area (Å²) in [4.78, 5) is 0. The van der Waals surface area contributed by atoms with Crippen molar-refractivity contribution in [3.05, 3.63) is 11.6 Å². The van der Waals surface area contributed by atoms with Crippen molar-refractivity contribution in [2.45, 2.75) is 52.9 Å². The van der Waals surface area contributed by atoms with Crippen LogP contribution >= 0.6 is 0 Å². The fourth-order valence-corrected chi connectivity index (χ4v) is 2.21. The van der Waals surface area contributed by atoms with E-state index in [-0.39, 0.29) is 0 Å². The quantitative estimate of drug-likeness (QED) is 0.523. The van der Waals surface area contributed by atoms with Gasteiger partial charge in [0.1, 0.15) is 0 Å². The minimum atomic E-state index is 0.442. The molecule has 0 aliphatic carbocycles. The lowest BCUT2D eigenvalue weighted by molar-refractivity contribution is 0.367. The van der Waals surface area contributed by atoms with Crippen molar-refractivity contribution in [3.63, 3.8) is 0 Å². The fraction of sp³-hybridized carbons (Fsp3) is 0.846. The second kappa shape index (κ2) is 5.55. The molecule has 0 atom stereocenters. The number of rotatable bonds is 5. The van der Waals surface area contributed by atoms with E-state index in [0.29, 0.717) is 5.41 Å². The standard InChI is InChI=1S/C13H25N/c1-4-5-6-9-13(2,3)12-7-10-14-11-8-12/h7,14H,4-6,8-11H2,1-3H3. The van der Waals surface area contributed by atoms with Crippen LogP contribution in [-0.2, 0) is 0 Å². The number of nitrogens with one attached hydrogen (secondary N) is 1. The first-order valence-electron chi connectivity index (χ1n) is 6.07. The van der Waals surface area contributed by atoms with E-state index in [1.807, 2.05) is 0 Å². The number of unbranched alkanes of at least 4 members (excludes halogenated alkanes) is 2. The van der Waals surface area contributed by atoms with E-state index in [2.05, 4.69) is 32.2 Å². The zero-order valence-electron chi connectivity index (χ0n) is 10.0. The summed E-state index contributed by atoms with van der Waals surface area (Å²) in [6.07, 6.45) is 9.10. The maximum atomic E-state index is 3.38. The van der Waals surface area contributed by atoms with E-state index in [9.17, 15) is 0 Å². The van der Waals surface area contributed by atoms with Gasteiger partial charge in [0.15, 0.2) is 0 Å². The van der Waals surface area contributed by atoms with Crippen LogP contribution in [0.4, 0.5) is 0 Å². The van der Waals surface area contributed by atoms with E-state index in [1.165, 1.54) is 38.6 Å². The van der Waals surface area contributed by atoms with Gasteiger partial charge in [-0.25, -0.2) is 0 Å². The molecule has 1 nitrogen and oxygen atoms in total. The Morgan fingerprint density at radius 1 is 1.36 bits per heavy atom. The topological polar surface area (TPSA) is 12.0 Å². The van der Waals surface area contributed by atoms with Crippen LogP contribution in [0.1, 0.15) is 52.9 Å². The first-order chi connectivity index (χ1) is 6.67.